The van der Waals surface area contributed by atoms with Crippen molar-refractivity contribution in [3.63, 3.8) is 0 Å². The largest absolute Gasteiger partial charge is 0.444 e. The van der Waals surface area contributed by atoms with E-state index in [0.29, 0.717) is 11.3 Å². The van der Waals surface area contributed by atoms with Crippen LogP contribution in [0.4, 0.5) is 10.5 Å². The maximum atomic E-state index is 11.7. The second-order valence-electron chi connectivity index (χ2n) is 4.77. The first kappa shape index (κ1) is 14.8. The molecule has 0 atom stereocenters. The first-order valence-corrected chi connectivity index (χ1v) is 6.65. The van der Waals surface area contributed by atoms with Crippen LogP contribution in [0.5, 0.6) is 0 Å². The number of amides is 1. The number of ether oxygens (including phenoxy) is 1. The summed E-state index contributed by atoms with van der Waals surface area (Å²) in [5.74, 6) is 0.00528. The fourth-order valence-electron chi connectivity index (χ4n) is 2.01. The number of hydrogen-bond donors (Lipinski definition) is 1. The highest BCUT2D eigenvalue weighted by Gasteiger charge is 2.07. The maximum Gasteiger partial charge on any atom is 0.411 e. The van der Waals surface area contributed by atoms with Crippen LogP contribution in [0.15, 0.2) is 48.5 Å². The fraction of sp³-hybridized carbons (Fsp3) is 0.176. The van der Waals surface area contributed by atoms with E-state index in [1.54, 1.807) is 18.2 Å². The summed E-state index contributed by atoms with van der Waals surface area (Å²) < 4.78 is 5.13. The van der Waals surface area contributed by atoms with Gasteiger partial charge in [-0.1, -0.05) is 30.3 Å². The van der Waals surface area contributed by atoms with Gasteiger partial charge in [-0.2, -0.15) is 0 Å². The average molecular weight is 283 g/mol. The lowest BCUT2D eigenvalue weighted by Gasteiger charge is -2.09. The minimum atomic E-state index is -0.520. The van der Waals surface area contributed by atoms with Crippen LogP contribution in [-0.2, 0) is 11.3 Å². The summed E-state index contributed by atoms with van der Waals surface area (Å²) in [5, 5.41) is 2.65. The van der Waals surface area contributed by atoms with Crippen molar-refractivity contribution in [2.75, 3.05) is 5.32 Å². The molecule has 108 valence electrons. The lowest BCUT2D eigenvalue weighted by molar-refractivity contribution is 0.101. The summed E-state index contributed by atoms with van der Waals surface area (Å²) in [6.07, 6.45) is -0.520. The van der Waals surface area contributed by atoms with E-state index in [1.807, 2.05) is 37.3 Å². The molecule has 21 heavy (non-hydrogen) atoms. The molecule has 0 aromatic heterocycles. The molecule has 0 aliphatic heterocycles. The Kier molecular flexibility index (Phi) is 4.72. The van der Waals surface area contributed by atoms with Crippen LogP contribution < -0.4 is 5.32 Å². The quantitative estimate of drug-likeness (QED) is 0.864. The van der Waals surface area contributed by atoms with E-state index < -0.39 is 6.09 Å². The summed E-state index contributed by atoms with van der Waals surface area (Å²) >= 11 is 0. The molecular formula is C17H17NO3. The van der Waals surface area contributed by atoms with E-state index in [9.17, 15) is 9.59 Å². The smallest absolute Gasteiger partial charge is 0.411 e. The van der Waals surface area contributed by atoms with Crippen LogP contribution in [0.25, 0.3) is 0 Å². The van der Waals surface area contributed by atoms with Crippen molar-refractivity contribution in [1.82, 2.24) is 0 Å². The van der Waals surface area contributed by atoms with Gasteiger partial charge in [0.1, 0.15) is 6.61 Å². The highest BCUT2D eigenvalue weighted by atomic mass is 16.5. The van der Waals surface area contributed by atoms with Crippen LogP contribution in [0.2, 0.25) is 0 Å². The third kappa shape index (κ3) is 4.18. The van der Waals surface area contributed by atoms with Crippen LogP contribution in [-0.4, -0.2) is 11.9 Å². The molecule has 0 unspecified atom stereocenters. The molecule has 0 spiro atoms. The maximum absolute atomic E-state index is 11.7. The standard InChI is InChI=1S/C17H17NO3/c1-12-10-15(8-9-16(12)13(2)19)18-17(20)21-11-14-6-4-3-5-7-14/h3-10H,11H2,1-2H3,(H,18,20). The summed E-state index contributed by atoms with van der Waals surface area (Å²) in [7, 11) is 0. The van der Waals surface area contributed by atoms with Crippen molar-refractivity contribution < 1.29 is 14.3 Å². The molecule has 0 radical (unpaired) electrons. The first-order valence-electron chi connectivity index (χ1n) is 6.65. The number of anilines is 1. The van der Waals surface area contributed by atoms with Crippen molar-refractivity contribution in [2.45, 2.75) is 20.5 Å². The second-order valence-corrected chi connectivity index (χ2v) is 4.77. The topological polar surface area (TPSA) is 55.4 Å². The van der Waals surface area contributed by atoms with Gasteiger partial charge in [0.15, 0.2) is 5.78 Å². The predicted molar refractivity (Wildman–Crippen MR) is 81.4 cm³/mol. The lowest BCUT2D eigenvalue weighted by Crippen LogP contribution is -2.13. The number of ketones is 1. The average Bonchev–Trinajstić information content (AvgIpc) is 2.46. The van der Waals surface area contributed by atoms with Gasteiger partial charge in [0.25, 0.3) is 0 Å². The van der Waals surface area contributed by atoms with Gasteiger partial charge >= 0.3 is 6.09 Å². The second kappa shape index (κ2) is 6.70. The molecule has 2 rings (SSSR count). The number of carbonyl (C=O) groups is 2. The van der Waals surface area contributed by atoms with Gasteiger partial charge < -0.3 is 4.74 Å². The monoisotopic (exact) mass is 283 g/mol. The van der Waals surface area contributed by atoms with Crippen LogP contribution in [0, 0.1) is 6.92 Å². The molecule has 1 N–H and O–H groups in total. The van der Waals surface area contributed by atoms with Crippen molar-refractivity contribution in [2.24, 2.45) is 0 Å². The Balaban J connectivity index is 1.94. The van der Waals surface area contributed by atoms with E-state index in [1.165, 1.54) is 6.92 Å². The SMILES string of the molecule is CC(=O)c1ccc(NC(=O)OCc2ccccc2)cc1C. The molecule has 0 saturated carbocycles. The Bertz CT molecular complexity index is 650. The summed E-state index contributed by atoms with van der Waals surface area (Å²) in [4.78, 5) is 23.1. The lowest BCUT2D eigenvalue weighted by atomic mass is 10.1. The van der Waals surface area contributed by atoms with Gasteiger partial charge in [-0.25, -0.2) is 4.79 Å². The molecule has 0 aliphatic carbocycles. The Morgan fingerprint density at radius 2 is 1.81 bits per heavy atom. The van der Waals surface area contributed by atoms with Gasteiger partial charge in [0.2, 0.25) is 0 Å². The Labute approximate surface area is 123 Å². The molecule has 0 fully saturated rings. The summed E-state index contributed by atoms with van der Waals surface area (Å²) in [6, 6.07) is 14.6. The molecule has 4 nitrogen and oxygen atoms in total. The minimum Gasteiger partial charge on any atom is -0.444 e. The zero-order chi connectivity index (χ0) is 15.2. The van der Waals surface area contributed by atoms with Gasteiger partial charge in [0.05, 0.1) is 0 Å². The van der Waals surface area contributed by atoms with Gasteiger partial charge in [-0.3, -0.25) is 10.1 Å². The number of Topliss-reactive ketones (excluding diaryl/α,β-unsaturated/α-hetero) is 1. The zero-order valence-corrected chi connectivity index (χ0v) is 12.1. The molecule has 1 amide bonds. The van der Waals surface area contributed by atoms with Crippen molar-refractivity contribution >= 4 is 17.6 Å². The third-order valence-corrected chi connectivity index (χ3v) is 3.06. The highest BCUT2D eigenvalue weighted by molar-refractivity contribution is 5.96. The van der Waals surface area contributed by atoms with Crippen molar-refractivity contribution in [3.8, 4) is 0 Å². The normalized spacial score (nSPS) is 10.0. The molecule has 0 aliphatic rings. The predicted octanol–water partition coefficient (Wildman–Crippen LogP) is 3.95. The van der Waals surface area contributed by atoms with E-state index in [2.05, 4.69) is 5.32 Å². The van der Waals surface area contributed by atoms with E-state index in [-0.39, 0.29) is 12.4 Å². The number of nitrogens with one attached hydrogen (secondary N) is 1. The zero-order valence-electron chi connectivity index (χ0n) is 12.1. The van der Waals surface area contributed by atoms with Gasteiger partial charge in [-0.05, 0) is 43.2 Å². The Morgan fingerprint density at radius 3 is 2.43 bits per heavy atom. The number of aryl methyl sites for hydroxylation is 1. The molecule has 0 saturated heterocycles. The highest BCUT2D eigenvalue weighted by Crippen LogP contribution is 2.16. The summed E-state index contributed by atoms with van der Waals surface area (Å²) in [6.45, 7) is 3.57. The Hall–Kier alpha value is -2.62. The Morgan fingerprint density at radius 1 is 1.10 bits per heavy atom. The first-order chi connectivity index (χ1) is 10.1. The number of carbonyl (C=O) groups excluding carboxylic acids is 2. The fourth-order valence-corrected chi connectivity index (χ4v) is 2.01. The third-order valence-electron chi connectivity index (χ3n) is 3.06. The van der Waals surface area contributed by atoms with E-state index in [0.717, 1.165) is 11.1 Å². The minimum absolute atomic E-state index is 0.00528. The van der Waals surface area contributed by atoms with Crippen molar-refractivity contribution in [1.29, 1.82) is 0 Å². The number of hydrogen-bond acceptors (Lipinski definition) is 3. The van der Waals surface area contributed by atoms with E-state index in [4.69, 9.17) is 4.74 Å². The van der Waals surface area contributed by atoms with Crippen LogP contribution in [0.1, 0.15) is 28.4 Å². The van der Waals surface area contributed by atoms with E-state index >= 15 is 0 Å². The molecule has 2 aromatic carbocycles. The van der Waals surface area contributed by atoms with Gasteiger partial charge in [0, 0.05) is 11.3 Å². The molecule has 0 bridgehead atoms. The molecular weight excluding hydrogens is 266 g/mol. The van der Waals surface area contributed by atoms with Crippen LogP contribution in [0.3, 0.4) is 0 Å². The number of rotatable bonds is 4. The van der Waals surface area contributed by atoms with Gasteiger partial charge in [-0.15, -0.1) is 0 Å². The molecule has 0 heterocycles. The van der Waals surface area contributed by atoms with Crippen LogP contribution >= 0.6 is 0 Å². The molecule has 4 heteroatoms. The molecule has 2 aromatic rings. The summed E-state index contributed by atoms with van der Waals surface area (Å²) in [5.41, 5.74) is 3.01. The number of benzene rings is 2. The van der Waals surface area contributed by atoms with Crippen molar-refractivity contribution in [3.05, 3.63) is 65.2 Å².